The van der Waals surface area contributed by atoms with E-state index in [1.54, 1.807) is 7.11 Å². The molecule has 0 saturated carbocycles. The van der Waals surface area contributed by atoms with Gasteiger partial charge in [-0.3, -0.25) is 4.40 Å². The second-order valence-corrected chi connectivity index (χ2v) is 3.30. The Morgan fingerprint density at radius 3 is 3.07 bits per heavy atom. The van der Waals surface area contributed by atoms with Crippen molar-refractivity contribution in [3.63, 3.8) is 0 Å². The number of nitrogens with two attached hydrogens (primary N) is 1. The summed E-state index contributed by atoms with van der Waals surface area (Å²) in [7, 11) is 1.64. The van der Waals surface area contributed by atoms with Gasteiger partial charge in [-0.25, -0.2) is 0 Å². The fourth-order valence-corrected chi connectivity index (χ4v) is 1.48. The summed E-state index contributed by atoms with van der Waals surface area (Å²) in [6, 6.07) is 3.75. The van der Waals surface area contributed by atoms with Gasteiger partial charge in [-0.05, 0) is 19.0 Å². The Morgan fingerprint density at radius 1 is 1.47 bits per heavy atom. The van der Waals surface area contributed by atoms with Gasteiger partial charge in [0.05, 0.1) is 7.11 Å². The zero-order valence-electron chi connectivity index (χ0n) is 8.68. The number of aromatic nitrogens is 3. The normalized spacial score (nSPS) is 10.8. The van der Waals surface area contributed by atoms with Crippen LogP contribution >= 0.6 is 0 Å². The van der Waals surface area contributed by atoms with Gasteiger partial charge in [0.25, 0.3) is 0 Å². The van der Waals surface area contributed by atoms with Gasteiger partial charge in [0.1, 0.15) is 11.6 Å². The highest BCUT2D eigenvalue weighted by atomic mass is 16.5. The van der Waals surface area contributed by atoms with Gasteiger partial charge < -0.3 is 10.5 Å². The largest absolute Gasteiger partial charge is 0.497 e. The lowest BCUT2D eigenvalue weighted by molar-refractivity contribution is 0.414. The summed E-state index contributed by atoms with van der Waals surface area (Å²) in [5.41, 5.74) is 6.26. The third-order valence-electron chi connectivity index (χ3n) is 2.29. The maximum atomic E-state index is 5.46. The van der Waals surface area contributed by atoms with E-state index in [9.17, 15) is 0 Å². The lowest BCUT2D eigenvalue weighted by atomic mass is 10.3. The first-order chi connectivity index (χ1) is 7.35. The average Bonchev–Trinajstić information content (AvgIpc) is 2.68. The molecular weight excluding hydrogens is 192 g/mol. The Balaban J connectivity index is 2.34. The van der Waals surface area contributed by atoms with Crippen molar-refractivity contribution in [1.82, 2.24) is 14.6 Å². The third kappa shape index (κ3) is 1.92. The lowest BCUT2D eigenvalue weighted by Crippen LogP contribution is -2.03. The van der Waals surface area contributed by atoms with E-state index in [1.165, 1.54) is 0 Å². The minimum Gasteiger partial charge on any atom is -0.497 e. The lowest BCUT2D eigenvalue weighted by Gasteiger charge is -2.01. The van der Waals surface area contributed by atoms with Crippen LogP contribution in [0.25, 0.3) is 5.65 Å². The first-order valence-corrected chi connectivity index (χ1v) is 4.93. The number of hydrogen-bond acceptors (Lipinski definition) is 4. The highest BCUT2D eigenvalue weighted by Crippen LogP contribution is 2.13. The molecule has 2 heterocycles. The summed E-state index contributed by atoms with van der Waals surface area (Å²) < 4.78 is 7.07. The highest BCUT2D eigenvalue weighted by Gasteiger charge is 2.05. The van der Waals surface area contributed by atoms with Crippen LogP contribution in [0.5, 0.6) is 5.75 Å². The molecule has 0 bridgehead atoms. The zero-order chi connectivity index (χ0) is 10.7. The van der Waals surface area contributed by atoms with E-state index in [0.717, 1.165) is 30.1 Å². The van der Waals surface area contributed by atoms with Gasteiger partial charge in [-0.2, -0.15) is 0 Å². The van der Waals surface area contributed by atoms with Crippen molar-refractivity contribution in [2.45, 2.75) is 12.8 Å². The van der Waals surface area contributed by atoms with E-state index in [0.29, 0.717) is 6.54 Å². The number of pyridine rings is 1. The maximum Gasteiger partial charge on any atom is 0.164 e. The number of nitrogens with zero attached hydrogens (tertiary/aromatic N) is 3. The Morgan fingerprint density at radius 2 is 2.33 bits per heavy atom. The number of aryl methyl sites for hydroxylation is 1. The average molecular weight is 206 g/mol. The van der Waals surface area contributed by atoms with Gasteiger partial charge in [-0.15, -0.1) is 10.2 Å². The number of methoxy groups -OCH3 is 1. The fraction of sp³-hybridized carbons (Fsp3) is 0.400. The SMILES string of the molecule is COc1ccn2c(CCCN)nnc2c1. The zero-order valence-corrected chi connectivity index (χ0v) is 8.68. The molecule has 15 heavy (non-hydrogen) atoms. The van der Waals surface area contributed by atoms with Crippen molar-refractivity contribution in [1.29, 1.82) is 0 Å². The van der Waals surface area contributed by atoms with E-state index in [1.807, 2.05) is 22.7 Å². The summed E-state index contributed by atoms with van der Waals surface area (Å²) in [4.78, 5) is 0. The van der Waals surface area contributed by atoms with Crippen molar-refractivity contribution in [2.75, 3.05) is 13.7 Å². The Bertz CT molecular complexity index is 452. The quantitative estimate of drug-likeness (QED) is 0.796. The molecular formula is C10H14N4O. The molecule has 0 aliphatic heterocycles. The van der Waals surface area contributed by atoms with Gasteiger partial charge >= 0.3 is 0 Å². The predicted molar refractivity (Wildman–Crippen MR) is 56.9 cm³/mol. The number of hydrogen-bond donors (Lipinski definition) is 1. The number of rotatable bonds is 4. The molecule has 5 heteroatoms. The third-order valence-corrected chi connectivity index (χ3v) is 2.29. The molecule has 0 spiro atoms. The molecule has 2 N–H and O–H groups in total. The summed E-state index contributed by atoms with van der Waals surface area (Å²) in [6.07, 6.45) is 3.69. The van der Waals surface area contributed by atoms with Crippen molar-refractivity contribution in [2.24, 2.45) is 5.73 Å². The summed E-state index contributed by atoms with van der Waals surface area (Å²) >= 11 is 0. The molecule has 0 fully saturated rings. The summed E-state index contributed by atoms with van der Waals surface area (Å²) in [5.74, 6) is 1.73. The molecule has 0 amide bonds. The molecule has 0 saturated heterocycles. The van der Waals surface area contributed by atoms with Gasteiger partial charge in [-0.1, -0.05) is 0 Å². The van der Waals surface area contributed by atoms with Crippen LogP contribution in [-0.4, -0.2) is 28.3 Å². The molecule has 0 aromatic carbocycles. The first kappa shape index (κ1) is 9.92. The van der Waals surface area contributed by atoms with E-state index in [2.05, 4.69) is 10.2 Å². The van der Waals surface area contributed by atoms with Crippen LogP contribution in [0.4, 0.5) is 0 Å². The van der Waals surface area contributed by atoms with Gasteiger partial charge in [0.2, 0.25) is 0 Å². The van der Waals surface area contributed by atoms with E-state index in [4.69, 9.17) is 10.5 Å². The van der Waals surface area contributed by atoms with Crippen molar-refractivity contribution in [3.8, 4) is 5.75 Å². The topological polar surface area (TPSA) is 65.4 Å². The molecule has 5 nitrogen and oxygen atoms in total. The molecule has 0 unspecified atom stereocenters. The van der Waals surface area contributed by atoms with Crippen LogP contribution in [0.2, 0.25) is 0 Å². The van der Waals surface area contributed by atoms with Crippen LogP contribution in [0.1, 0.15) is 12.2 Å². The molecule has 2 rings (SSSR count). The van der Waals surface area contributed by atoms with E-state index >= 15 is 0 Å². The summed E-state index contributed by atoms with van der Waals surface area (Å²) in [5, 5.41) is 8.18. The summed E-state index contributed by atoms with van der Waals surface area (Å²) in [6.45, 7) is 0.672. The van der Waals surface area contributed by atoms with Crippen molar-refractivity contribution in [3.05, 3.63) is 24.2 Å². The standard InChI is InChI=1S/C10H14N4O/c1-15-8-4-6-14-9(3-2-5-11)12-13-10(14)7-8/h4,6-7H,2-3,5,11H2,1H3. The Kier molecular flexibility index (Phi) is 2.82. The molecule has 0 aliphatic carbocycles. The van der Waals surface area contributed by atoms with Crippen LogP contribution in [0.3, 0.4) is 0 Å². The van der Waals surface area contributed by atoms with Crippen LogP contribution in [-0.2, 0) is 6.42 Å². The predicted octanol–water partition coefficient (Wildman–Crippen LogP) is 0.629. The van der Waals surface area contributed by atoms with Crippen molar-refractivity contribution >= 4 is 5.65 Å². The fourth-order valence-electron chi connectivity index (χ4n) is 1.48. The molecule has 0 atom stereocenters. The monoisotopic (exact) mass is 206 g/mol. The van der Waals surface area contributed by atoms with Crippen LogP contribution < -0.4 is 10.5 Å². The first-order valence-electron chi connectivity index (χ1n) is 4.93. The van der Waals surface area contributed by atoms with E-state index < -0.39 is 0 Å². The second-order valence-electron chi connectivity index (χ2n) is 3.30. The molecule has 0 radical (unpaired) electrons. The highest BCUT2D eigenvalue weighted by molar-refractivity contribution is 5.43. The maximum absolute atomic E-state index is 5.46. The Hall–Kier alpha value is -1.62. The van der Waals surface area contributed by atoms with E-state index in [-0.39, 0.29) is 0 Å². The smallest absolute Gasteiger partial charge is 0.164 e. The minimum absolute atomic E-state index is 0.672. The van der Waals surface area contributed by atoms with Crippen molar-refractivity contribution < 1.29 is 4.74 Å². The van der Waals surface area contributed by atoms with Crippen LogP contribution in [0.15, 0.2) is 18.3 Å². The van der Waals surface area contributed by atoms with Gasteiger partial charge in [0, 0.05) is 18.7 Å². The molecule has 0 aliphatic rings. The second kappa shape index (κ2) is 4.27. The molecule has 2 aromatic heterocycles. The molecule has 80 valence electrons. The minimum atomic E-state index is 0.672. The molecule has 2 aromatic rings. The number of ether oxygens (including phenoxy) is 1. The number of fused-ring (bicyclic) bond motifs is 1. The Labute approximate surface area is 87.9 Å². The van der Waals surface area contributed by atoms with Crippen LogP contribution in [0, 0.1) is 0 Å². The van der Waals surface area contributed by atoms with Gasteiger partial charge in [0.15, 0.2) is 5.65 Å².